The van der Waals surface area contributed by atoms with E-state index >= 15 is 0 Å². The van der Waals surface area contributed by atoms with Crippen molar-refractivity contribution >= 4 is 59.5 Å². The smallest absolute Gasteiger partial charge is 0.264 e. The molecule has 0 bridgehead atoms. The molecule has 0 saturated carbocycles. The number of aromatic nitrogens is 1. The van der Waals surface area contributed by atoms with Crippen molar-refractivity contribution in [2.75, 3.05) is 16.2 Å². The molecule has 2 aromatic heterocycles. The van der Waals surface area contributed by atoms with Gasteiger partial charge in [-0.05, 0) is 80.3 Å². The van der Waals surface area contributed by atoms with E-state index in [1.807, 2.05) is 62.4 Å². The van der Waals surface area contributed by atoms with Crippen molar-refractivity contribution in [3.63, 3.8) is 0 Å². The van der Waals surface area contributed by atoms with Crippen LogP contribution in [0.5, 0.6) is 0 Å². The third-order valence-electron chi connectivity index (χ3n) is 6.89. The van der Waals surface area contributed by atoms with Crippen LogP contribution in [0.1, 0.15) is 32.8 Å². The van der Waals surface area contributed by atoms with E-state index in [-0.39, 0.29) is 10.8 Å². The number of thiazole rings is 1. The first-order valence-corrected chi connectivity index (χ1v) is 15.4. The van der Waals surface area contributed by atoms with Gasteiger partial charge >= 0.3 is 0 Å². The third-order valence-corrected chi connectivity index (χ3v) is 10.9. The van der Waals surface area contributed by atoms with E-state index < -0.39 is 10.0 Å². The van der Waals surface area contributed by atoms with Gasteiger partial charge in [0.1, 0.15) is 10.0 Å². The van der Waals surface area contributed by atoms with Gasteiger partial charge in [0.2, 0.25) is 0 Å². The van der Waals surface area contributed by atoms with E-state index in [0.717, 1.165) is 60.3 Å². The number of anilines is 2. The van der Waals surface area contributed by atoms with E-state index in [4.69, 9.17) is 4.98 Å². The number of hydrogen-bond acceptors (Lipinski definition) is 6. The van der Waals surface area contributed by atoms with Crippen molar-refractivity contribution in [3.05, 3.63) is 94.4 Å². The molecule has 3 heterocycles. The number of nitrogens with one attached hydrogen (secondary N) is 1. The molecule has 0 spiro atoms. The molecule has 1 aliphatic rings. The maximum absolute atomic E-state index is 13.5. The minimum Gasteiger partial charge on any atom is -0.313 e. The first kappa shape index (κ1) is 24.8. The molecule has 6 rings (SSSR count). The standard InChI is InChI=1S/C29H25N3O3S3/c1-18-19(2)36-29(26(18)28-30-23-10-4-6-12-25(23)37-28)31-27(33)21-13-15-22(16-14-21)38(34,35)32-17-7-9-20-8-3-5-11-24(20)32/h3-6,8,10-16H,7,9,17H2,1-2H3,(H,31,33). The zero-order valence-corrected chi connectivity index (χ0v) is 23.3. The van der Waals surface area contributed by atoms with E-state index in [0.29, 0.717) is 12.1 Å². The third kappa shape index (κ3) is 4.30. The Bertz CT molecular complexity index is 1750. The van der Waals surface area contributed by atoms with E-state index in [1.54, 1.807) is 23.5 Å². The topological polar surface area (TPSA) is 79.4 Å². The van der Waals surface area contributed by atoms with Gasteiger partial charge in [-0.3, -0.25) is 9.10 Å². The maximum Gasteiger partial charge on any atom is 0.264 e. The van der Waals surface area contributed by atoms with Crippen LogP contribution < -0.4 is 9.62 Å². The Morgan fingerprint density at radius 1 is 0.947 bits per heavy atom. The van der Waals surface area contributed by atoms with Crippen molar-refractivity contribution in [1.29, 1.82) is 0 Å². The highest BCUT2D eigenvalue weighted by Crippen LogP contribution is 2.43. The number of carbonyl (C=O) groups is 1. The minimum atomic E-state index is -3.74. The average molecular weight is 560 g/mol. The Morgan fingerprint density at radius 2 is 1.68 bits per heavy atom. The van der Waals surface area contributed by atoms with Crippen LogP contribution in [0.3, 0.4) is 0 Å². The quantitative estimate of drug-likeness (QED) is 0.251. The zero-order valence-electron chi connectivity index (χ0n) is 20.9. The van der Waals surface area contributed by atoms with Gasteiger partial charge in [-0.25, -0.2) is 13.4 Å². The molecule has 0 unspecified atom stereocenters. The van der Waals surface area contributed by atoms with Crippen LogP contribution in [-0.2, 0) is 16.4 Å². The molecule has 1 aliphatic heterocycles. The normalized spacial score (nSPS) is 13.5. The highest BCUT2D eigenvalue weighted by molar-refractivity contribution is 7.92. The summed E-state index contributed by atoms with van der Waals surface area (Å²) in [6, 6.07) is 21.8. The molecular formula is C29H25N3O3S3. The summed E-state index contributed by atoms with van der Waals surface area (Å²) in [7, 11) is -3.74. The van der Waals surface area contributed by atoms with Crippen LogP contribution in [0.15, 0.2) is 77.7 Å². The lowest BCUT2D eigenvalue weighted by Gasteiger charge is -2.30. The van der Waals surface area contributed by atoms with E-state index in [1.165, 1.54) is 27.8 Å². The number of thiophene rings is 1. The fraction of sp³-hybridized carbons (Fsp3) is 0.172. The molecule has 0 atom stereocenters. The highest BCUT2D eigenvalue weighted by atomic mass is 32.2. The minimum absolute atomic E-state index is 0.170. The summed E-state index contributed by atoms with van der Waals surface area (Å²) in [6.45, 7) is 4.51. The summed E-state index contributed by atoms with van der Waals surface area (Å²) >= 11 is 3.12. The van der Waals surface area contributed by atoms with Crippen LogP contribution in [0.4, 0.5) is 10.7 Å². The summed E-state index contributed by atoms with van der Waals surface area (Å²) in [5, 5.41) is 4.66. The molecule has 5 aromatic rings. The van der Waals surface area contributed by atoms with Crippen LogP contribution in [0.25, 0.3) is 20.8 Å². The number of sulfonamides is 1. The Kier molecular flexibility index (Phi) is 6.29. The molecule has 6 nitrogen and oxygen atoms in total. The van der Waals surface area contributed by atoms with Gasteiger partial charge in [0.25, 0.3) is 15.9 Å². The second-order valence-corrected chi connectivity index (χ2v) is 13.4. The highest BCUT2D eigenvalue weighted by Gasteiger charge is 2.29. The SMILES string of the molecule is Cc1sc(NC(=O)c2ccc(S(=O)(=O)N3CCCc4ccccc43)cc2)c(-c2nc3ccccc3s2)c1C. The summed E-state index contributed by atoms with van der Waals surface area (Å²) in [5.74, 6) is -0.291. The van der Waals surface area contributed by atoms with Gasteiger partial charge in [0.05, 0.1) is 20.8 Å². The monoisotopic (exact) mass is 559 g/mol. The molecule has 38 heavy (non-hydrogen) atoms. The number of para-hydroxylation sites is 2. The molecule has 0 saturated heterocycles. The Balaban J connectivity index is 1.27. The van der Waals surface area contributed by atoms with E-state index in [9.17, 15) is 13.2 Å². The molecule has 1 amide bonds. The van der Waals surface area contributed by atoms with Crippen LogP contribution >= 0.6 is 22.7 Å². The number of aryl methyl sites for hydroxylation is 2. The number of hydrogen-bond donors (Lipinski definition) is 1. The average Bonchev–Trinajstić information content (AvgIpc) is 3.47. The van der Waals surface area contributed by atoms with Gasteiger partial charge in [-0.2, -0.15) is 0 Å². The summed E-state index contributed by atoms with van der Waals surface area (Å²) in [6.07, 6.45) is 1.63. The van der Waals surface area contributed by atoms with Gasteiger partial charge < -0.3 is 5.32 Å². The van der Waals surface area contributed by atoms with Gasteiger partial charge in [-0.1, -0.05) is 30.3 Å². The van der Waals surface area contributed by atoms with Crippen molar-refractivity contribution < 1.29 is 13.2 Å². The second kappa shape index (κ2) is 9.65. The maximum atomic E-state index is 13.5. The Hall–Kier alpha value is -3.53. The summed E-state index contributed by atoms with van der Waals surface area (Å²) in [4.78, 5) is 19.3. The number of nitrogens with zero attached hydrogens (tertiary/aromatic N) is 2. The van der Waals surface area contributed by atoms with Crippen LogP contribution in [0, 0.1) is 13.8 Å². The first-order chi connectivity index (χ1) is 18.3. The first-order valence-electron chi connectivity index (χ1n) is 12.3. The number of carbonyl (C=O) groups excluding carboxylic acids is 1. The molecule has 3 aromatic carbocycles. The van der Waals surface area contributed by atoms with Crippen molar-refractivity contribution in [2.45, 2.75) is 31.6 Å². The lowest BCUT2D eigenvalue weighted by molar-refractivity contribution is 0.102. The second-order valence-electron chi connectivity index (χ2n) is 9.26. The molecule has 0 radical (unpaired) electrons. The molecule has 9 heteroatoms. The number of amides is 1. The molecule has 1 N–H and O–H groups in total. The Morgan fingerprint density at radius 3 is 2.47 bits per heavy atom. The fourth-order valence-corrected chi connectivity index (χ4v) is 8.52. The molecule has 192 valence electrons. The van der Waals surface area contributed by atoms with Crippen molar-refractivity contribution in [2.24, 2.45) is 0 Å². The summed E-state index contributed by atoms with van der Waals surface area (Å²) in [5.41, 5.74) is 5.11. The number of fused-ring (bicyclic) bond motifs is 2. The predicted octanol–water partition coefficient (Wildman–Crippen LogP) is 7.04. The number of rotatable bonds is 5. The summed E-state index contributed by atoms with van der Waals surface area (Å²) < 4.78 is 29.5. The molecular weight excluding hydrogens is 535 g/mol. The van der Waals surface area contributed by atoms with Crippen molar-refractivity contribution in [3.8, 4) is 10.6 Å². The van der Waals surface area contributed by atoms with Gasteiger partial charge in [0.15, 0.2) is 0 Å². The van der Waals surface area contributed by atoms with Gasteiger partial charge in [0, 0.05) is 22.5 Å². The molecule has 0 aliphatic carbocycles. The van der Waals surface area contributed by atoms with E-state index in [2.05, 4.69) is 5.32 Å². The molecule has 0 fully saturated rings. The lowest BCUT2D eigenvalue weighted by atomic mass is 10.0. The number of benzene rings is 3. The van der Waals surface area contributed by atoms with Crippen LogP contribution in [-0.4, -0.2) is 25.9 Å². The largest absolute Gasteiger partial charge is 0.313 e. The van der Waals surface area contributed by atoms with Crippen LogP contribution in [0.2, 0.25) is 0 Å². The predicted molar refractivity (Wildman–Crippen MR) is 156 cm³/mol. The van der Waals surface area contributed by atoms with Gasteiger partial charge in [-0.15, -0.1) is 22.7 Å². The van der Waals surface area contributed by atoms with Crippen molar-refractivity contribution in [1.82, 2.24) is 4.98 Å². The fourth-order valence-electron chi connectivity index (χ4n) is 4.78. The lowest BCUT2D eigenvalue weighted by Crippen LogP contribution is -2.35. The Labute approximate surface area is 229 Å². The zero-order chi connectivity index (χ0) is 26.4.